The number of ether oxygens (including phenoxy) is 1. The summed E-state index contributed by atoms with van der Waals surface area (Å²) in [5.41, 5.74) is 13.8. The van der Waals surface area contributed by atoms with Crippen LogP contribution in [-0.2, 0) is 4.74 Å². The third-order valence-corrected chi connectivity index (χ3v) is 5.71. The van der Waals surface area contributed by atoms with Crippen molar-refractivity contribution in [2.45, 2.75) is 23.6 Å². The Balaban J connectivity index is 2.22. The number of nitrogens with two attached hydrogens (primary N) is 2. The van der Waals surface area contributed by atoms with E-state index in [1.807, 2.05) is 12.1 Å². The highest BCUT2D eigenvalue weighted by Crippen LogP contribution is 2.43. The molecule has 4 N–H and O–H groups in total. The van der Waals surface area contributed by atoms with E-state index in [1.165, 1.54) is 28.5 Å². The van der Waals surface area contributed by atoms with E-state index in [-0.39, 0.29) is 5.78 Å². The fraction of sp³-hybridized carbons (Fsp3) is 0.176. The predicted molar refractivity (Wildman–Crippen MR) is 99.4 cm³/mol. The first-order chi connectivity index (χ1) is 11.5. The topological polar surface area (TPSA) is 95.4 Å². The van der Waals surface area contributed by atoms with Crippen LogP contribution in [0, 0.1) is 0 Å². The van der Waals surface area contributed by atoms with Gasteiger partial charge in [-0.3, -0.25) is 4.79 Å². The van der Waals surface area contributed by atoms with Crippen LogP contribution in [0.15, 0.2) is 46.2 Å². The van der Waals surface area contributed by atoms with Crippen LogP contribution in [0.4, 0.5) is 11.4 Å². The Hall–Kier alpha value is -2.12. The lowest BCUT2D eigenvalue weighted by Crippen LogP contribution is -2.08. The normalized spacial score (nSPS) is 10.4. The van der Waals surface area contributed by atoms with Crippen LogP contribution in [0.5, 0.6) is 0 Å². The number of carbonyl (C=O) groups excluding carboxylic acids is 2. The van der Waals surface area contributed by atoms with E-state index in [0.717, 1.165) is 9.79 Å². The number of hydrogen-bond donors (Lipinski definition) is 2. The Morgan fingerprint density at radius 3 is 1.96 bits per heavy atom. The van der Waals surface area contributed by atoms with Crippen molar-refractivity contribution < 1.29 is 14.3 Å². The summed E-state index contributed by atoms with van der Waals surface area (Å²) >= 11 is 0. The van der Waals surface area contributed by atoms with E-state index < -0.39 is 5.97 Å². The molecule has 2 rings (SSSR count). The Bertz CT molecular complexity index is 778. The van der Waals surface area contributed by atoms with Gasteiger partial charge in [0.1, 0.15) is 0 Å². The van der Waals surface area contributed by atoms with Crippen LogP contribution < -0.4 is 11.5 Å². The molecule has 0 saturated carbocycles. The highest BCUT2D eigenvalue weighted by atomic mass is 33.1. The Morgan fingerprint density at radius 2 is 1.46 bits per heavy atom. The zero-order valence-electron chi connectivity index (χ0n) is 13.4. The number of Topliss-reactive ketones (excluding diaryl/α,β-unsaturated/α-hetero) is 1. The van der Waals surface area contributed by atoms with Gasteiger partial charge < -0.3 is 16.2 Å². The molecule has 0 bridgehead atoms. The molecule has 0 aliphatic heterocycles. The minimum absolute atomic E-state index is 0.0798. The molecule has 0 unspecified atom stereocenters. The van der Waals surface area contributed by atoms with Crippen molar-refractivity contribution in [2.24, 2.45) is 0 Å². The quantitative estimate of drug-likeness (QED) is 0.347. The summed E-state index contributed by atoms with van der Waals surface area (Å²) in [6.45, 7) is 3.51. The van der Waals surface area contributed by atoms with Crippen molar-refractivity contribution in [3.63, 3.8) is 0 Å². The van der Waals surface area contributed by atoms with Crippen LogP contribution in [0.3, 0.4) is 0 Å². The summed E-state index contributed by atoms with van der Waals surface area (Å²) in [5, 5.41) is 0. The first-order valence-corrected chi connectivity index (χ1v) is 9.40. The lowest BCUT2D eigenvalue weighted by Gasteiger charge is -2.11. The molecule has 2 aromatic rings. The zero-order valence-corrected chi connectivity index (χ0v) is 15.0. The highest BCUT2D eigenvalue weighted by molar-refractivity contribution is 8.76. The van der Waals surface area contributed by atoms with E-state index in [4.69, 9.17) is 16.2 Å². The maximum atomic E-state index is 11.9. The molecular formula is C17H18N2O3S2. The van der Waals surface area contributed by atoms with Gasteiger partial charge >= 0.3 is 5.97 Å². The number of anilines is 2. The molecular weight excluding hydrogens is 344 g/mol. The Kier molecular flexibility index (Phi) is 6.16. The SMILES string of the molecule is CCOC(=O)c1cccc(SSc2cccc(C(C)=O)c2N)c1N. The van der Waals surface area contributed by atoms with Crippen LogP contribution in [0.2, 0.25) is 0 Å². The van der Waals surface area contributed by atoms with Gasteiger partial charge in [0, 0.05) is 15.4 Å². The number of ketones is 1. The monoisotopic (exact) mass is 362 g/mol. The van der Waals surface area contributed by atoms with Gasteiger partial charge in [0.05, 0.1) is 23.5 Å². The number of hydrogen-bond acceptors (Lipinski definition) is 7. The van der Waals surface area contributed by atoms with Crippen molar-refractivity contribution in [1.82, 2.24) is 0 Å². The molecule has 0 heterocycles. The second-order valence-electron chi connectivity index (χ2n) is 4.88. The largest absolute Gasteiger partial charge is 0.462 e. The van der Waals surface area contributed by atoms with E-state index in [0.29, 0.717) is 29.1 Å². The predicted octanol–water partition coefficient (Wildman–Crippen LogP) is 4.03. The second-order valence-corrected chi connectivity index (χ2v) is 7.09. The van der Waals surface area contributed by atoms with Gasteiger partial charge in [-0.25, -0.2) is 4.79 Å². The summed E-state index contributed by atoms with van der Waals surface area (Å²) in [5.74, 6) is -0.524. The molecule has 0 atom stereocenters. The van der Waals surface area contributed by atoms with Crippen molar-refractivity contribution in [3.05, 3.63) is 47.5 Å². The average molecular weight is 362 g/mol. The van der Waals surface area contributed by atoms with E-state index in [9.17, 15) is 9.59 Å². The summed E-state index contributed by atoms with van der Waals surface area (Å²) in [6.07, 6.45) is 0. The van der Waals surface area contributed by atoms with Crippen molar-refractivity contribution in [2.75, 3.05) is 18.1 Å². The summed E-state index contributed by atoms with van der Waals surface area (Å²) in [4.78, 5) is 25.0. The molecule has 24 heavy (non-hydrogen) atoms. The maximum absolute atomic E-state index is 11.9. The molecule has 0 fully saturated rings. The number of rotatable bonds is 6. The lowest BCUT2D eigenvalue weighted by molar-refractivity contribution is 0.0527. The fourth-order valence-electron chi connectivity index (χ4n) is 2.02. The number of para-hydroxylation sites is 2. The van der Waals surface area contributed by atoms with Gasteiger partial charge in [-0.2, -0.15) is 0 Å². The summed E-state index contributed by atoms with van der Waals surface area (Å²) < 4.78 is 5.00. The Labute approximate surface area is 148 Å². The molecule has 5 nitrogen and oxygen atoms in total. The second kappa shape index (κ2) is 8.12. The molecule has 0 saturated heterocycles. The van der Waals surface area contributed by atoms with Gasteiger partial charge in [0.2, 0.25) is 0 Å². The fourth-order valence-corrected chi connectivity index (χ4v) is 4.27. The maximum Gasteiger partial charge on any atom is 0.340 e. The molecule has 2 aromatic carbocycles. The van der Waals surface area contributed by atoms with E-state index in [1.54, 1.807) is 31.2 Å². The standard InChI is InChI=1S/C17H18N2O3S2/c1-3-22-17(21)12-7-5-9-14(16(12)19)24-23-13-8-4-6-11(10(2)20)15(13)18/h4-9H,3,18-19H2,1-2H3. The van der Waals surface area contributed by atoms with Crippen LogP contribution in [0.25, 0.3) is 0 Å². The average Bonchev–Trinajstić information content (AvgIpc) is 2.55. The van der Waals surface area contributed by atoms with Crippen molar-refractivity contribution in [1.29, 1.82) is 0 Å². The smallest absolute Gasteiger partial charge is 0.340 e. The minimum Gasteiger partial charge on any atom is -0.462 e. The van der Waals surface area contributed by atoms with Gasteiger partial charge in [0.15, 0.2) is 5.78 Å². The van der Waals surface area contributed by atoms with Crippen molar-refractivity contribution >= 4 is 44.7 Å². The molecule has 0 aromatic heterocycles. The number of carbonyl (C=O) groups is 2. The number of nitrogen functional groups attached to an aromatic ring is 2. The molecule has 0 radical (unpaired) electrons. The third-order valence-electron chi connectivity index (χ3n) is 3.23. The summed E-state index contributed by atoms with van der Waals surface area (Å²) in [6, 6.07) is 10.5. The molecule has 0 aliphatic rings. The molecule has 0 aliphatic carbocycles. The third kappa shape index (κ3) is 4.04. The van der Waals surface area contributed by atoms with E-state index in [2.05, 4.69) is 0 Å². The minimum atomic E-state index is -0.444. The van der Waals surface area contributed by atoms with Crippen LogP contribution in [0.1, 0.15) is 34.6 Å². The van der Waals surface area contributed by atoms with Gasteiger partial charge in [-0.05, 0) is 38.1 Å². The molecule has 126 valence electrons. The first-order valence-electron chi connectivity index (χ1n) is 7.25. The van der Waals surface area contributed by atoms with Crippen LogP contribution >= 0.6 is 21.6 Å². The van der Waals surface area contributed by atoms with Gasteiger partial charge in [0.25, 0.3) is 0 Å². The summed E-state index contributed by atoms with van der Waals surface area (Å²) in [7, 11) is 2.76. The molecule has 0 amide bonds. The van der Waals surface area contributed by atoms with Crippen molar-refractivity contribution in [3.8, 4) is 0 Å². The highest BCUT2D eigenvalue weighted by Gasteiger charge is 2.15. The number of benzene rings is 2. The Morgan fingerprint density at radius 1 is 0.958 bits per heavy atom. The zero-order chi connectivity index (χ0) is 17.7. The number of esters is 1. The molecule has 7 heteroatoms. The van der Waals surface area contributed by atoms with Gasteiger partial charge in [-0.15, -0.1) is 0 Å². The van der Waals surface area contributed by atoms with Crippen LogP contribution in [-0.4, -0.2) is 18.4 Å². The molecule has 0 spiro atoms. The van der Waals surface area contributed by atoms with Gasteiger partial charge in [-0.1, -0.05) is 33.7 Å². The lowest BCUT2D eigenvalue weighted by atomic mass is 10.1. The first kappa shape index (κ1) is 18.2. The van der Waals surface area contributed by atoms with E-state index >= 15 is 0 Å².